The molecule has 1 atom stereocenters. The average molecular weight is 286 g/mol. The van der Waals surface area contributed by atoms with Crippen LogP contribution in [-0.2, 0) is 9.53 Å². The fourth-order valence-corrected chi connectivity index (χ4v) is 1.81. The number of nitrogens with zero attached hydrogens (tertiary/aromatic N) is 1. The number of methoxy groups -OCH3 is 1. The number of benzene rings is 1. The van der Waals surface area contributed by atoms with Crippen molar-refractivity contribution >= 4 is 17.7 Å². The van der Waals surface area contributed by atoms with E-state index < -0.39 is 12.1 Å². The molecule has 1 unspecified atom stereocenters. The smallest absolute Gasteiger partial charge is 0.337 e. The van der Waals surface area contributed by atoms with E-state index in [0.29, 0.717) is 0 Å². The molecule has 0 aliphatic rings. The minimum atomic E-state index is -1.07. The Bertz CT molecular complexity index is 626. The monoisotopic (exact) mass is 286 g/mol. The van der Waals surface area contributed by atoms with Crippen LogP contribution in [0, 0.1) is 0 Å². The van der Waals surface area contributed by atoms with Crippen molar-refractivity contribution in [3.05, 3.63) is 59.8 Å². The van der Waals surface area contributed by atoms with Crippen LogP contribution in [0.4, 0.5) is 5.82 Å². The van der Waals surface area contributed by atoms with Gasteiger partial charge < -0.3 is 15.2 Å². The van der Waals surface area contributed by atoms with Gasteiger partial charge in [-0.05, 0) is 17.7 Å². The number of hydrogen-bond acceptors (Lipinski definition) is 4. The largest absolute Gasteiger partial charge is 0.478 e. The molecule has 0 bridgehead atoms. The maximum atomic E-state index is 12.2. The second kappa shape index (κ2) is 6.62. The SMILES string of the molecule is COC(C(=O)Nc1ccc(C(=O)O)cn1)c1ccccc1. The lowest BCUT2D eigenvalue weighted by atomic mass is 10.1. The first-order valence-corrected chi connectivity index (χ1v) is 6.20. The Labute approximate surface area is 121 Å². The van der Waals surface area contributed by atoms with Gasteiger partial charge in [-0.3, -0.25) is 4.79 Å². The first-order valence-electron chi connectivity index (χ1n) is 6.20. The molecule has 1 aromatic carbocycles. The van der Waals surface area contributed by atoms with Crippen molar-refractivity contribution < 1.29 is 19.4 Å². The molecule has 108 valence electrons. The standard InChI is InChI=1S/C15H14N2O4/c1-21-13(10-5-3-2-4-6-10)14(18)17-12-8-7-11(9-16-12)15(19)20/h2-9,13H,1H3,(H,19,20)(H,16,17,18). The van der Waals surface area contributed by atoms with Crippen LogP contribution in [0.2, 0.25) is 0 Å². The lowest BCUT2D eigenvalue weighted by Gasteiger charge is -2.15. The molecule has 6 heteroatoms. The lowest BCUT2D eigenvalue weighted by molar-refractivity contribution is -0.126. The van der Waals surface area contributed by atoms with Crippen LogP contribution in [0.1, 0.15) is 22.0 Å². The Hall–Kier alpha value is -2.73. The summed E-state index contributed by atoms with van der Waals surface area (Å²) in [6.07, 6.45) is 0.426. The number of nitrogens with one attached hydrogen (secondary N) is 1. The van der Waals surface area contributed by atoms with Gasteiger partial charge in [-0.15, -0.1) is 0 Å². The summed E-state index contributed by atoms with van der Waals surface area (Å²) < 4.78 is 5.20. The van der Waals surface area contributed by atoms with Crippen molar-refractivity contribution in [3.8, 4) is 0 Å². The van der Waals surface area contributed by atoms with Crippen LogP contribution in [0.3, 0.4) is 0 Å². The zero-order valence-electron chi connectivity index (χ0n) is 11.3. The fraction of sp³-hybridized carbons (Fsp3) is 0.133. The summed E-state index contributed by atoms with van der Waals surface area (Å²) in [6, 6.07) is 11.8. The molecule has 1 amide bonds. The number of pyridine rings is 1. The van der Waals surface area contributed by atoms with Gasteiger partial charge in [0.15, 0.2) is 6.10 Å². The molecule has 0 saturated heterocycles. The van der Waals surface area contributed by atoms with Crippen LogP contribution in [0.25, 0.3) is 0 Å². The molecule has 1 heterocycles. The average Bonchev–Trinajstić information content (AvgIpc) is 2.49. The highest BCUT2D eigenvalue weighted by Crippen LogP contribution is 2.18. The summed E-state index contributed by atoms with van der Waals surface area (Å²) in [4.78, 5) is 26.8. The number of hydrogen-bond donors (Lipinski definition) is 2. The predicted octanol–water partition coefficient (Wildman–Crippen LogP) is 2.11. The van der Waals surface area contributed by atoms with Crippen molar-refractivity contribution in [2.75, 3.05) is 12.4 Å². The molecule has 0 aliphatic heterocycles. The normalized spacial score (nSPS) is 11.7. The van der Waals surface area contributed by atoms with E-state index in [9.17, 15) is 9.59 Å². The summed E-state index contributed by atoms with van der Waals surface area (Å²) in [5, 5.41) is 11.4. The fourth-order valence-electron chi connectivity index (χ4n) is 1.81. The minimum Gasteiger partial charge on any atom is -0.478 e. The third-order valence-corrected chi connectivity index (χ3v) is 2.84. The number of carbonyl (C=O) groups is 2. The first kappa shape index (κ1) is 14.7. The number of anilines is 1. The molecule has 0 fully saturated rings. The molecule has 0 radical (unpaired) electrons. The molecular formula is C15H14N2O4. The van der Waals surface area contributed by atoms with Crippen LogP contribution < -0.4 is 5.32 Å². The maximum Gasteiger partial charge on any atom is 0.337 e. The lowest BCUT2D eigenvalue weighted by Crippen LogP contribution is -2.23. The topological polar surface area (TPSA) is 88.5 Å². The van der Waals surface area contributed by atoms with E-state index in [4.69, 9.17) is 9.84 Å². The van der Waals surface area contributed by atoms with Gasteiger partial charge in [0.2, 0.25) is 0 Å². The number of aromatic carboxylic acids is 1. The van der Waals surface area contributed by atoms with Crippen LogP contribution >= 0.6 is 0 Å². The van der Waals surface area contributed by atoms with E-state index in [0.717, 1.165) is 5.56 Å². The Morgan fingerprint density at radius 2 is 1.90 bits per heavy atom. The van der Waals surface area contributed by atoms with Gasteiger partial charge in [0, 0.05) is 13.3 Å². The number of carboxylic acids is 1. The zero-order valence-corrected chi connectivity index (χ0v) is 11.3. The van der Waals surface area contributed by atoms with Gasteiger partial charge in [0.25, 0.3) is 5.91 Å². The molecule has 0 aliphatic carbocycles. The van der Waals surface area contributed by atoms with Crippen molar-refractivity contribution in [2.45, 2.75) is 6.10 Å². The van der Waals surface area contributed by atoms with E-state index in [1.165, 1.54) is 25.4 Å². The van der Waals surface area contributed by atoms with Gasteiger partial charge in [0.1, 0.15) is 5.82 Å². The molecule has 1 aromatic heterocycles. The molecular weight excluding hydrogens is 272 g/mol. The van der Waals surface area contributed by atoms with Crippen molar-refractivity contribution in [1.29, 1.82) is 0 Å². The molecule has 0 spiro atoms. The third kappa shape index (κ3) is 3.64. The van der Waals surface area contributed by atoms with Gasteiger partial charge in [-0.25, -0.2) is 9.78 Å². The summed E-state index contributed by atoms with van der Waals surface area (Å²) >= 11 is 0. The molecule has 21 heavy (non-hydrogen) atoms. The highest BCUT2D eigenvalue weighted by atomic mass is 16.5. The van der Waals surface area contributed by atoms with E-state index >= 15 is 0 Å². The number of carbonyl (C=O) groups excluding carboxylic acids is 1. The highest BCUT2D eigenvalue weighted by molar-refractivity contribution is 5.94. The number of rotatable bonds is 5. The second-order valence-corrected chi connectivity index (χ2v) is 4.25. The van der Waals surface area contributed by atoms with E-state index in [1.54, 1.807) is 12.1 Å². The van der Waals surface area contributed by atoms with Crippen molar-refractivity contribution in [3.63, 3.8) is 0 Å². The summed E-state index contributed by atoms with van der Waals surface area (Å²) in [6.45, 7) is 0. The molecule has 2 rings (SSSR count). The van der Waals surface area contributed by atoms with Crippen molar-refractivity contribution in [1.82, 2.24) is 4.98 Å². The summed E-state index contributed by atoms with van der Waals surface area (Å²) in [5.74, 6) is -1.18. The maximum absolute atomic E-state index is 12.2. The van der Waals surface area contributed by atoms with E-state index in [2.05, 4.69) is 10.3 Å². The molecule has 6 nitrogen and oxygen atoms in total. The first-order chi connectivity index (χ1) is 10.1. The van der Waals surface area contributed by atoms with Crippen LogP contribution in [0.15, 0.2) is 48.7 Å². The number of aromatic nitrogens is 1. The minimum absolute atomic E-state index is 0.0550. The van der Waals surface area contributed by atoms with Crippen molar-refractivity contribution in [2.24, 2.45) is 0 Å². The Balaban J connectivity index is 2.11. The van der Waals surface area contributed by atoms with Crippen LogP contribution in [0.5, 0.6) is 0 Å². The molecule has 2 N–H and O–H groups in total. The number of amides is 1. The highest BCUT2D eigenvalue weighted by Gasteiger charge is 2.20. The molecule has 2 aromatic rings. The summed E-state index contributed by atoms with van der Waals surface area (Å²) in [7, 11) is 1.44. The van der Waals surface area contributed by atoms with E-state index in [1.807, 2.05) is 18.2 Å². The second-order valence-electron chi connectivity index (χ2n) is 4.25. The Morgan fingerprint density at radius 1 is 1.19 bits per heavy atom. The quantitative estimate of drug-likeness (QED) is 0.878. The van der Waals surface area contributed by atoms with E-state index in [-0.39, 0.29) is 17.3 Å². The third-order valence-electron chi connectivity index (χ3n) is 2.84. The predicted molar refractivity (Wildman–Crippen MR) is 76.0 cm³/mol. The van der Waals surface area contributed by atoms with Gasteiger partial charge in [0.05, 0.1) is 5.56 Å². The van der Waals surface area contributed by atoms with Gasteiger partial charge >= 0.3 is 5.97 Å². The van der Waals surface area contributed by atoms with Crippen LogP contribution in [-0.4, -0.2) is 29.1 Å². The number of carboxylic acid groups (broad SMARTS) is 1. The zero-order chi connectivity index (χ0) is 15.2. The Morgan fingerprint density at radius 3 is 2.43 bits per heavy atom. The Kier molecular flexibility index (Phi) is 4.63. The van der Waals surface area contributed by atoms with Gasteiger partial charge in [-0.1, -0.05) is 30.3 Å². The number of ether oxygens (including phenoxy) is 1. The summed E-state index contributed by atoms with van der Waals surface area (Å²) in [5.41, 5.74) is 0.777. The van der Waals surface area contributed by atoms with Gasteiger partial charge in [-0.2, -0.15) is 0 Å². The molecule has 0 saturated carbocycles.